The average Bonchev–Trinajstić information content (AvgIpc) is 2.90. The van der Waals surface area contributed by atoms with E-state index in [0.29, 0.717) is 11.5 Å². The van der Waals surface area contributed by atoms with Gasteiger partial charge in [0.2, 0.25) is 0 Å². The van der Waals surface area contributed by atoms with Gasteiger partial charge in [0.25, 0.3) is 0 Å². The molecule has 1 heterocycles. The molecule has 21 heavy (non-hydrogen) atoms. The number of rotatable bonds is 3. The van der Waals surface area contributed by atoms with E-state index >= 15 is 0 Å². The van der Waals surface area contributed by atoms with Gasteiger partial charge in [0.1, 0.15) is 0 Å². The molecule has 0 spiro atoms. The van der Waals surface area contributed by atoms with Gasteiger partial charge in [-0.25, -0.2) is 4.68 Å². The van der Waals surface area contributed by atoms with E-state index in [-0.39, 0.29) is 0 Å². The van der Waals surface area contributed by atoms with E-state index in [2.05, 4.69) is 43.2 Å². The minimum Gasteiger partial charge on any atom is -0.233 e. The number of hydrogen-bond acceptors (Lipinski definition) is 2. The summed E-state index contributed by atoms with van der Waals surface area (Å²) in [6, 6.07) is 16.1. The molecule has 0 amide bonds. The second kappa shape index (κ2) is 5.41. The molecule has 3 heteroatoms. The molecule has 0 aliphatic rings. The van der Waals surface area contributed by atoms with Gasteiger partial charge in [-0.1, -0.05) is 19.9 Å². The minimum atomic E-state index is 0.649. The lowest BCUT2D eigenvalue weighted by atomic mass is 10.0. The fourth-order valence-corrected chi connectivity index (χ4v) is 2.56. The zero-order valence-electron chi connectivity index (χ0n) is 12.2. The molecular weight excluding hydrogens is 258 g/mol. The van der Waals surface area contributed by atoms with Gasteiger partial charge in [-0.15, -0.1) is 0 Å². The maximum absolute atomic E-state index is 8.86. The van der Waals surface area contributed by atoms with Crippen LogP contribution in [0.15, 0.2) is 48.7 Å². The van der Waals surface area contributed by atoms with Gasteiger partial charge < -0.3 is 0 Å². The molecule has 3 aromatic rings. The fourth-order valence-electron chi connectivity index (χ4n) is 2.56. The third kappa shape index (κ3) is 2.66. The highest BCUT2D eigenvalue weighted by atomic mass is 15.3. The second-order valence-electron chi connectivity index (χ2n) is 5.71. The molecule has 3 nitrogen and oxygen atoms in total. The maximum atomic E-state index is 8.86. The first-order chi connectivity index (χ1) is 10.2. The zero-order chi connectivity index (χ0) is 14.8. The summed E-state index contributed by atoms with van der Waals surface area (Å²) in [4.78, 5) is 0. The summed E-state index contributed by atoms with van der Waals surface area (Å²) in [6.07, 6.45) is 2.98. The van der Waals surface area contributed by atoms with Crippen LogP contribution >= 0.6 is 0 Å². The summed E-state index contributed by atoms with van der Waals surface area (Å²) in [5.41, 5.74) is 4.07. The lowest BCUT2D eigenvalue weighted by Crippen LogP contribution is -1.97. The Morgan fingerprint density at radius 3 is 2.57 bits per heavy atom. The lowest BCUT2D eigenvalue weighted by Gasteiger charge is -2.06. The van der Waals surface area contributed by atoms with Crippen LogP contribution in [0.4, 0.5) is 0 Å². The zero-order valence-corrected chi connectivity index (χ0v) is 12.2. The quantitative estimate of drug-likeness (QED) is 0.722. The molecule has 0 bridgehead atoms. The molecule has 104 valence electrons. The number of hydrogen-bond donors (Lipinski definition) is 0. The average molecular weight is 275 g/mol. The SMILES string of the molecule is CC(C)Cc1ccc2c(cnn2-c2ccc(C#N)cc2)c1. The van der Waals surface area contributed by atoms with E-state index in [1.54, 1.807) is 0 Å². The summed E-state index contributed by atoms with van der Waals surface area (Å²) < 4.78 is 1.91. The molecule has 0 unspecified atom stereocenters. The Labute approximate surface area is 124 Å². The van der Waals surface area contributed by atoms with Gasteiger partial charge in [0.05, 0.1) is 29.0 Å². The highest BCUT2D eigenvalue weighted by Crippen LogP contribution is 2.21. The second-order valence-corrected chi connectivity index (χ2v) is 5.71. The van der Waals surface area contributed by atoms with Gasteiger partial charge in [-0.05, 0) is 54.3 Å². The molecule has 0 atom stereocenters. The van der Waals surface area contributed by atoms with Crippen molar-refractivity contribution in [2.45, 2.75) is 20.3 Å². The molecule has 1 aromatic heterocycles. The first-order valence-corrected chi connectivity index (χ1v) is 7.14. The van der Waals surface area contributed by atoms with Gasteiger partial charge in [-0.3, -0.25) is 0 Å². The standard InChI is InChI=1S/C18H17N3/c1-13(2)9-15-5-8-18-16(10-15)12-20-21(18)17-6-3-14(11-19)4-7-17/h3-8,10,12-13H,9H2,1-2H3. The van der Waals surface area contributed by atoms with Crippen LogP contribution in [0.5, 0.6) is 0 Å². The number of aromatic nitrogens is 2. The van der Waals surface area contributed by atoms with Crippen molar-refractivity contribution in [3.05, 3.63) is 59.8 Å². The van der Waals surface area contributed by atoms with Crippen LogP contribution in [-0.2, 0) is 6.42 Å². The van der Waals surface area contributed by atoms with Gasteiger partial charge in [0, 0.05) is 5.39 Å². The Morgan fingerprint density at radius 1 is 1.14 bits per heavy atom. The first-order valence-electron chi connectivity index (χ1n) is 7.14. The summed E-state index contributed by atoms with van der Waals surface area (Å²) >= 11 is 0. The van der Waals surface area contributed by atoms with Crippen molar-refractivity contribution in [1.82, 2.24) is 9.78 Å². The third-order valence-corrected chi connectivity index (χ3v) is 3.52. The van der Waals surface area contributed by atoms with Crippen molar-refractivity contribution in [2.24, 2.45) is 5.92 Å². The third-order valence-electron chi connectivity index (χ3n) is 3.52. The first kappa shape index (κ1) is 13.4. The number of fused-ring (bicyclic) bond motifs is 1. The van der Waals surface area contributed by atoms with E-state index in [1.165, 1.54) is 5.56 Å². The van der Waals surface area contributed by atoms with E-state index in [4.69, 9.17) is 5.26 Å². The highest BCUT2D eigenvalue weighted by Gasteiger charge is 2.06. The monoisotopic (exact) mass is 275 g/mol. The largest absolute Gasteiger partial charge is 0.233 e. The molecule has 0 radical (unpaired) electrons. The van der Waals surface area contributed by atoms with Crippen molar-refractivity contribution >= 4 is 10.9 Å². The number of nitriles is 1. The lowest BCUT2D eigenvalue weighted by molar-refractivity contribution is 0.648. The molecule has 0 aliphatic carbocycles. The predicted octanol–water partition coefficient (Wildman–Crippen LogP) is 4.10. The van der Waals surface area contributed by atoms with Gasteiger partial charge in [-0.2, -0.15) is 10.4 Å². The van der Waals surface area contributed by atoms with Crippen LogP contribution in [-0.4, -0.2) is 9.78 Å². The molecule has 0 fully saturated rings. The topological polar surface area (TPSA) is 41.6 Å². The maximum Gasteiger partial charge on any atom is 0.0991 e. The van der Waals surface area contributed by atoms with E-state index in [9.17, 15) is 0 Å². The van der Waals surface area contributed by atoms with Crippen molar-refractivity contribution in [3.63, 3.8) is 0 Å². The van der Waals surface area contributed by atoms with Crippen LogP contribution in [0, 0.1) is 17.2 Å². The molecule has 0 saturated heterocycles. The predicted molar refractivity (Wildman–Crippen MR) is 84.3 cm³/mol. The Morgan fingerprint density at radius 2 is 1.90 bits per heavy atom. The van der Waals surface area contributed by atoms with E-state index in [1.807, 2.05) is 35.1 Å². The number of benzene rings is 2. The van der Waals surface area contributed by atoms with E-state index in [0.717, 1.165) is 23.0 Å². The minimum absolute atomic E-state index is 0.649. The Hall–Kier alpha value is -2.60. The van der Waals surface area contributed by atoms with Crippen molar-refractivity contribution in [2.75, 3.05) is 0 Å². The Balaban J connectivity index is 2.02. The van der Waals surface area contributed by atoms with Crippen LogP contribution in [0.3, 0.4) is 0 Å². The molecule has 3 rings (SSSR count). The normalized spacial score (nSPS) is 11.0. The molecule has 0 N–H and O–H groups in total. The Kier molecular flexibility index (Phi) is 3.45. The van der Waals surface area contributed by atoms with Crippen LogP contribution < -0.4 is 0 Å². The summed E-state index contributed by atoms with van der Waals surface area (Å²) in [7, 11) is 0. The summed E-state index contributed by atoms with van der Waals surface area (Å²) in [5.74, 6) is 0.649. The van der Waals surface area contributed by atoms with E-state index < -0.39 is 0 Å². The highest BCUT2D eigenvalue weighted by molar-refractivity contribution is 5.81. The van der Waals surface area contributed by atoms with Gasteiger partial charge in [0.15, 0.2) is 0 Å². The van der Waals surface area contributed by atoms with Crippen molar-refractivity contribution < 1.29 is 0 Å². The number of nitrogens with zero attached hydrogens (tertiary/aromatic N) is 3. The van der Waals surface area contributed by atoms with Crippen LogP contribution in [0.2, 0.25) is 0 Å². The summed E-state index contributed by atoms with van der Waals surface area (Å²) in [5, 5.41) is 14.5. The molecule has 0 saturated carbocycles. The van der Waals surface area contributed by atoms with Gasteiger partial charge >= 0.3 is 0 Å². The van der Waals surface area contributed by atoms with Crippen LogP contribution in [0.1, 0.15) is 25.0 Å². The van der Waals surface area contributed by atoms with Crippen molar-refractivity contribution in [1.29, 1.82) is 5.26 Å². The smallest absolute Gasteiger partial charge is 0.0991 e. The molecule has 0 aliphatic heterocycles. The molecular formula is C18H17N3. The Bertz CT molecular complexity index is 805. The van der Waals surface area contributed by atoms with Crippen molar-refractivity contribution in [3.8, 4) is 11.8 Å². The molecule has 2 aromatic carbocycles. The summed E-state index contributed by atoms with van der Waals surface area (Å²) in [6.45, 7) is 4.45. The van der Waals surface area contributed by atoms with Crippen LogP contribution in [0.25, 0.3) is 16.6 Å². The fraction of sp³-hybridized carbons (Fsp3) is 0.222.